The lowest BCUT2D eigenvalue weighted by Crippen LogP contribution is -1.96. The molecular formula is C11H21NS. The SMILES string of the molecule is CCCCCCCC1N=CC(C)S1. The second-order valence-electron chi connectivity index (χ2n) is 3.80. The van der Waals surface area contributed by atoms with Crippen LogP contribution in [0.4, 0.5) is 0 Å². The fourth-order valence-electron chi connectivity index (χ4n) is 1.60. The quantitative estimate of drug-likeness (QED) is 0.591. The zero-order chi connectivity index (χ0) is 9.52. The Balaban J connectivity index is 1.92. The van der Waals surface area contributed by atoms with Crippen LogP contribution in [-0.2, 0) is 0 Å². The van der Waals surface area contributed by atoms with Gasteiger partial charge in [-0.05, 0) is 13.3 Å². The van der Waals surface area contributed by atoms with Gasteiger partial charge in [-0.15, -0.1) is 11.8 Å². The van der Waals surface area contributed by atoms with Crippen LogP contribution in [0, 0.1) is 0 Å². The average molecular weight is 199 g/mol. The van der Waals surface area contributed by atoms with Gasteiger partial charge in [0.1, 0.15) is 0 Å². The highest BCUT2D eigenvalue weighted by Crippen LogP contribution is 2.27. The van der Waals surface area contributed by atoms with E-state index in [1.165, 1.54) is 38.5 Å². The number of rotatable bonds is 6. The predicted molar refractivity (Wildman–Crippen MR) is 62.7 cm³/mol. The van der Waals surface area contributed by atoms with Crippen LogP contribution in [0.3, 0.4) is 0 Å². The van der Waals surface area contributed by atoms with Crippen LogP contribution < -0.4 is 0 Å². The minimum Gasteiger partial charge on any atom is -0.282 e. The van der Waals surface area contributed by atoms with E-state index in [-0.39, 0.29) is 0 Å². The van der Waals surface area contributed by atoms with E-state index in [0.29, 0.717) is 10.6 Å². The molecule has 0 aromatic rings. The van der Waals surface area contributed by atoms with E-state index in [9.17, 15) is 0 Å². The van der Waals surface area contributed by atoms with E-state index in [1.807, 2.05) is 11.8 Å². The molecule has 1 nitrogen and oxygen atoms in total. The standard InChI is InChI=1S/C11H21NS/c1-3-4-5-6-7-8-11-12-9-10(2)13-11/h9-11H,3-8H2,1-2H3. The lowest BCUT2D eigenvalue weighted by atomic mass is 10.1. The lowest BCUT2D eigenvalue weighted by Gasteiger charge is -2.06. The zero-order valence-corrected chi connectivity index (χ0v) is 9.65. The maximum Gasteiger partial charge on any atom is 0.0954 e. The van der Waals surface area contributed by atoms with E-state index in [2.05, 4.69) is 25.1 Å². The molecule has 0 bridgehead atoms. The third-order valence-electron chi connectivity index (χ3n) is 2.39. The Morgan fingerprint density at radius 1 is 1.23 bits per heavy atom. The summed E-state index contributed by atoms with van der Waals surface area (Å²) in [5.41, 5.74) is 0. The highest BCUT2D eigenvalue weighted by atomic mass is 32.2. The largest absolute Gasteiger partial charge is 0.282 e. The maximum absolute atomic E-state index is 4.47. The van der Waals surface area contributed by atoms with Crippen molar-refractivity contribution in [3.05, 3.63) is 0 Å². The fourth-order valence-corrected chi connectivity index (χ4v) is 2.68. The van der Waals surface area contributed by atoms with Gasteiger partial charge < -0.3 is 0 Å². The topological polar surface area (TPSA) is 12.4 Å². The Hall–Kier alpha value is 0.0200. The van der Waals surface area contributed by atoms with Crippen molar-refractivity contribution < 1.29 is 0 Å². The van der Waals surface area contributed by atoms with E-state index in [1.54, 1.807) is 0 Å². The summed E-state index contributed by atoms with van der Waals surface area (Å²) in [4.78, 5) is 4.47. The van der Waals surface area contributed by atoms with Crippen LogP contribution in [0.5, 0.6) is 0 Å². The predicted octanol–water partition coefficient (Wildman–Crippen LogP) is 3.88. The van der Waals surface area contributed by atoms with Gasteiger partial charge in [-0.3, -0.25) is 4.99 Å². The summed E-state index contributed by atoms with van der Waals surface area (Å²) in [6.45, 7) is 4.49. The molecule has 0 saturated heterocycles. The summed E-state index contributed by atoms with van der Waals surface area (Å²) >= 11 is 2.01. The average Bonchev–Trinajstić information content (AvgIpc) is 2.51. The number of nitrogens with zero attached hydrogens (tertiary/aromatic N) is 1. The smallest absolute Gasteiger partial charge is 0.0954 e. The Morgan fingerprint density at radius 2 is 2.00 bits per heavy atom. The number of aliphatic imine (C=N–C) groups is 1. The molecule has 0 amide bonds. The summed E-state index contributed by atoms with van der Waals surface area (Å²) in [6, 6.07) is 0. The van der Waals surface area contributed by atoms with Gasteiger partial charge in [0, 0.05) is 11.5 Å². The number of hydrogen-bond donors (Lipinski definition) is 0. The molecule has 0 N–H and O–H groups in total. The second-order valence-corrected chi connectivity index (χ2v) is 5.36. The summed E-state index contributed by atoms with van der Waals surface area (Å²) < 4.78 is 0. The molecule has 0 fully saturated rings. The minimum atomic E-state index is 0.580. The van der Waals surface area contributed by atoms with Crippen molar-refractivity contribution in [1.82, 2.24) is 0 Å². The molecule has 0 aromatic carbocycles. The second kappa shape index (κ2) is 6.47. The van der Waals surface area contributed by atoms with Crippen LogP contribution in [-0.4, -0.2) is 16.8 Å². The Labute approximate surface area is 86.4 Å². The van der Waals surface area contributed by atoms with Gasteiger partial charge >= 0.3 is 0 Å². The summed E-state index contributed by atoms with van der Waals surface area (Å²) in [5.74, 6) is 0. The van der Waals surface area contributed by atoms with Gasteiger partial charge in [0.25, 0.3) is 0 Å². The Morgan fingerprint density at radius 3 is 2.62 bits per heavy atom. The van der Waals surface area contributed by atoms with Gasteiger partial charge in [0.15, 0.2) is 0 Å². The van der Waals surface area contributed by atoms with Crippen LogP contribution in [0.15, 0.2) is 4.99 Å². The Bertz CT molecular complexity index is 156. The molecular weight excluding hydrogens is 178 g/mol. The molecule has 0 saturated carbocycles. The molecule has 1 aliphatic heterocycles. The molecule has 76 valence electrons. The third-order valence-corrected chi connectivity index (χ3v) is 3.61. The van der Waals surface area contributed by atoms with Crippen molar-refractivity contribution in [1.29, 1.82) is 0 Å². The number of thioether (sulfide) groups is 1. The first kappa shape index (κ1) is 11.1. The van der Waals surface area contributed by atoms with E-state index >= 15 is 0 Å². The monoisotopic (exact) mass is 199 g/mol. The molecule has 1 heterocycles. The maximum atomic E-state index is 4.47. The molecule has 2 unspecified atom stereocenters. The van der Waals surface area contributed by atoms with Gasteiger partial charge in [0.2, 0.25) is 0 Å². The van der Waals surface area contributed by atoms with Gasteiger partial charge in [0.05, 0.1) is 5.37 Å². The normalized spacial score (nSPS) is 26.9. The molecule has 13 heavy (non-hydrogen) atoms. The molecule has 1 rings (SSSR count). The van der Waals surface area contributed by atoms with Gasteiger partial charge in [-0.25, -0.2) is 0 Å². The zero-order valence-electron chi connectivity index (χ0n) is 8.83. The molecule has 0 aliphatic carbocycles. The van der Waals surface area contributed by atoms with Crippen LogP contribution in [0.25, 0.3) is 0 Å². The molecule has 0 spiro atoms. The van der Waals surface area contributed by atoms with Gasteiger partial charge in [-0.1, -0.05) is 39.0 Å². The minimum absolute atomic E-state index is 0.580. The highest BCUT2D eigenvalue weighted by molar-refractivity contribution is 8.01. The Kier molecular flexibility index (Phi) is 5.52. The number of hydrogen-bond acceptors (Lipinski definition) is 2. The van der Waals surface area contributed by atoms with Crippen molar-refractivity contribution in [3.63, 3.8) is 0 Å². The van der Waals surface area contributed by atoms with Crippen LogP contribution in [0.1, 0.15) is 52.4 Å². The molecule has 2 heteroatoms. The summed E-state index contributed by atoms with van der Waals surface area (Å²) in [5, 5.41) is 1.23. The van der Waals surface area contributed by atoms with Crippen molar-refractivity contribution >= 4 is 18.0 Å². The summed E-state index contributed by atoms with van der Waals surface area (Å²) in [7, 11) is 0. The molecule has 1 aliphatic rings. The first-order valence-corrected chi connectivity index (χ1v) is 6.46. The lowest BCUT2D eigenvalue weighted by molar-refractivity contribution is 0.603. The fraction of sp³-hybridized carbons (Fsp3) is 0.909. The number of unbranched alkanes of at least 4 members (excludes halogenated alkanes) is 4. The highest BCUT2D eigenvalue weighted by Gasteiger charge is 2.15. The summed E-state index contributed by atoms with van der Waals surface area (Å²) in [6.07, 6.45) is 10.3. The molecule has 0 radical (unpaired) electrons. The third kappa shape index (κ3) is 4.70. The van der Waals surface area contributed by atoms with Crippen LogP contribution in [0.2, 0.25) is 0 Å². The van der Waals surface area contributed by atoms with Crippen LogP contribution >= 0.6 is 11.8 Å². The first-order valence-electron chi connectivity index (χ1n) is 5.51. The van der Waals surface area contributed by atoms with E-state index in [4.69, 9.17) is 0 Å². The van der Waals surface area contributed by atoms with Crippen molar-refractivity contribution in [2.24, 2.45) is 4.99 Å². The van der Waals surface area contributed by atoms with Crippen molar-refractivity contribution in [2.45, 2.75) is 63.0 Å². The first-order chi connectivity index (χ1) is 6.33. The van der Waals surface area contributed by atoms with Crippen molar-refractivity contribution in [2.75, 3.05) is 0 Å². The molecule has 2 atom stereocenters. The van der Waals surface area contributed by atoms with Gasteiger partial charge in [-0.2, -0.15) is 0 Å². The van der Waals surface area contributed by atoms with E-state index in [0.717, 1.165) is 0 Å². The van der Waals surface area contributed by atoms with Crippen molar-refractivity contribution in [3.8, 4) is 0 Å². The van der Waals surface area contributed by atoms with E-state index < -0.39 is 0 Å². The molecule has 0 aromatic heterocycles.